The second kappa shape index (κ2) is 8.38. The highest BCUT2D eigenvalue weighted by molar-refractivity contribution is 6.15. The van der Waals surface area contributed by atoms with Crippen molar-refractivity contribution in [1.82, 2.24) is 20.2 Å². The SMILES string of the molecule is CCc1ccc([C@@H]2C(C(=O)c3cccc([N+](=O)[O-])c3)=C(C(=O)OC)Nc3nnnn32)cc1. The number of rotatable bonds is 6. The zero-order chi connectivity index (χ0) is 22.8. The summed E-state index contributed by atoms with van der Waals surface area (Å²) in [6, 6.07) is 11.9. The van der Waals surface area contributed by atoms with Crippen LogP contribution in [0.2, 0.25) is 0 Å². The number of ketones is 1. The summed E-state index contributed by atoms with van der Waals surface area (Å²) in [5.41, 5.74) is 1.43. The molecule has 1 aliphatic rings. The van der Waals surface area contributed by atoms with Crippen molar-refractivity contribution in [2.24, 2.45) is 0 Å². The molecule has 1 aromatic heterocycles. The lowest BCUT2D eigenvalue weighted by atomic mass is 9.89. The number of allylic oxidation sites excluding steroid dienone is 1. The van der Waals surface area contributed by atoms with Gasteiger partial charge in [-0.2, -0.15) is 4.68 Å². The van der Waals surface area contributed by atoms with Crippen LogP contribution >= 0.6 is 0 Å². The average molecular weight is 434 g/mol. The quantitative estimate of drug-likeness (QED) is 0.268. The summed E-state index contributed by atoms with van der Waals surface area (Å²) in [6.45, 7) is 2.02. The van der Waals surface area contributed by atoms with Gasteiger partial charge in [0.2, 0.25) is 5.95 Å². The molecule has 1 atom stereocenters. The smallest absolute Gasteiger partial charge is 0.355 e. The van der Waals surface area contributed by atoms with Crippen LogP contribution in [0.3, 0.4) is 0 Å². The van der Waals surface area contributed by atoms with Gasteiger partial charge in [-0.05, 0) is 28.0 Å². The molecule has 0 fully saturated rings. The monoisotopic (exact) mass is 434 g/mol. The normalized spacial score (nSPS) is 15.0. The number of aromatic nitrogens is 4. The summed E-state index contributed by atoms with van der Waals surface area (Å²) in [7, 11) is 1.19. The fourth-order valence-corrected chi connectivity index (χ4v) is 3.55. The van der Waals surface area contributed by atoms with E-state index in [2.05, 4.69) is 20.8 Å². The van der Waals surface area contributed by atoms with Gasteiger partial charge in [-0.15, -0.1) is 0 Å². The van der Waals surface area contributed by atoms with E-state index >= 15 is 0 Å². The summed E-state index contributed by atoms with van der Waals surface area (Å²) in [4.78, 5) is 36.9. The minimum absolute atomic E-state index is 0.0152. The number of aryl methyl sites for hydroxylation is 1. The van der Waals surface area contributed by atoms with Crippen LogP contribution in [-0.4, -0.2) is 44.0 Å². The number of methoxy groups -OCH3 is 1. The summed E-state index contributed by atoms with van der Waals surface area (Å²) < 4.78 is 6.27. The lowest BCUT2D eigenvalue weighted by molar-refractivity contribution is -0.384. The van der Waals surface area contributed by atoms with E-state index in [4.69, 9.17) is 4.74 Å². The Morgan fingerprint density at radius 3 is 2.62 bits per heavy atom. The molecule has 0 bridgehead atoms. The Morgan fingerprint density at radius 1 is 1.22 bits per heavy atom. The van der Waals surface area contributed by atoms with E-state index in [0.717, 1.165) is 18.1 Å². The minimum atomic E-state index is -0.854. The Balaban J connectivity index is 1.93. The number of tetrazole rings is 1. The first-order chi connectivity index (χ1) is 15.4. The molecule has 4 rings (SSSR count). The number of carbonyl (C=O) groups excluding carboxylic acids is 2. The van der Waals surface area contributed by atoms with Gasteiger partial charge in [0, 0.05) is 17.7 Å². The van der Waals surface area contributed by atoms with E-state index in [1.807, 2.05) is 31.2 Å². The number of hydrogen-bond donors (Lipinski definition) is 1. The molecule has 1 N–H and O–H groups in total. The molecule has 0 saturated carbocycles. The van der Waals surface area contributed by atoms with Gasteiger partial charge < -0.3 is 10.1 Å². The molecule has 162 valence electrons. The number of anilines is 1. The van der Waals surface area contributed by atoms with Crippen molar-refractivity contribution >= 4 is 23.4 Å². The predicted molar refractivity (Wildman–Crippen MR) is 112 cm³/mol. The van der Waals surface area contributed by atoms with Gasteiger partial charge in [0.25, 0.3) is 5.69 Å². The molecule has 3 aromatic rings. The lowest BCUT2D eigenvalue weighted by Gasteiger charge is -2.28. The van der Waals surface area contributed by atoms with Crippen LogP contribution in [0.1, 0.15) is 34.5 Å². The fraction of sp³-hybridized carbons (Fsp3) is 0.190. The number of nitro benzene ring substituents is 1. The van der Waals surface area contributed by atoms with Crippen molar-refractivity contribution in [3.8, 4) is 0 Å². The number of nitro groups is 1. The molecule has 0 amide bonds. The molecule has 11 nitrogen and oxygen atoms in total. The van der Waals surface area contributed by atoms with Gasteiger partial charge in [-0.25, -0.2) is 4.79 Å². The fourth-order valence-electron chi connectivity index (χ4n) is 3.55. The highest BCUT2D eigenvalue weighted by Gasteiger charge is 2.38. The van der Waals surface area contributed by atoms with E-state index in [1.165, 1.54) is 30.0 Å². The van der Waals surface area contributed by atoms with Crippen LogP contribution in [0.15, 0.2) is 59.8 Å². The molecule has 2 heterocycles. The van der Waals surface area contributed by atoms with Crippen LogP contribution in [0, 0.1) is 10.1 Å². The molecule has 1 aliphatic heterocycles. The van der Waals surface area contributed by atoms with Crippen molar-refractivity contribution < 1.29 is 19.2 Å². The maximum absolute atomic E-state index is 13.6. The molecule has 0 saturated heterocycles. The number of non-ortho nitro benzene ring substituents is 1. The number of esters is 1. The van der Waals surface area contributed by atoms with Gasteiger partial charge in [-0.3, -0.25) is 14.9 Å². The van der Waals surface area contributed by atoms with Crippen molar-refractivity contribution in [2.45, 2.75) is 19.4 Å². The Morgan fingerprint density at radius 2 is 1.97 bits per heavy atom. The van der Waals surface area contributed by atoms with Gasteiger partial charge in [0.05, 0.1) is 17.6 Å². The van der Waals surface area contributed by atoms with Crippen molar-refractivity contribution in [3.63, 3.8) is 0 Å². The number of nitrogens with one attached hydrogen (secondary N) is 1. The summed E-state index contributed by atoms with van der Waals surface area (Å²) >= 11 is 0. The summed E-state index contributed by atoms with van der Waals surface area (Å²) in [5, 5.41) is 25.5. The molecule has 11 heteroatoms. The number of hydrogen-bond acceptors (Lipinski definition) is 9. The van der Waals surface area contributed by atoms with Crippen molar-refractivity contribution in [2.75, 3.05) is 12.4 Å². The van der Waals surface area contributed by atoms with Crippen LogP contribution < -0.4 is 5.32 Å². The third-order valence-corrected chi connectivity index (χ3v) is 5.17. The Bertz CT molecular complexity index is 1250. The zero-order valence-electron chi connectivity index (χ0n) is 17.2. The molecule has 0 aliphatic carbocycles. The molecule has 0 unspecified atom stereocenters. The zero-order valence-corrected chi connectivity index (χ0v) is 17.2. The molecular weight excluding hydrogens is 416 g/mol. The maximum atomic E-state index is 13.6. The van der Waals surface area contributed by atoms with E-state index in [0.29, 0.717) is 5.56 Å². The van der Waals surface area contributed by atoms with Crippen LogP contribution in [0.25, 0.3) is 0 Å². The number of ether oxygens (including phenoxy) is 1. The van der Waals surface area contributed by atoms with E-state index in [1.54, 1.807) is 0 Å². The highest BCUT2D eigenvalue weighted by atomic mass is 16.6. The van der Waals surface area contributed by atoms with Crippen molar-refractivity contribution in [3.05, 3.63) is 86.6 Å². The Kier molecular flexibility index (Phi) is 5.46. The first kappa shape index (κ1) is 20.8. The highest BCUT2D eigenvalue weighted by Crippen LogP contribution is 2.37. The van der Waals surface area contributed by atoms with Crippen LogP contribution in [0.5, 0.6) is 0 Å². The van der Waals surface area contributed by atoms with Gasteiger partial charge in [0.1, 0.15) is 11.7 Å². The van der Waals surface area contributed by atoms with Gasteiger partial charge in [0.15, 0.2) is 5.78 Å². The third kappa shape index (κ3) is 3.60. The van der Waals surface area contributed by atoms with E-state index in [9.17, 15) is 19.7 Å². The molecule has 32 heavy (non-hydrogen) atoms. The second-order valence-electron chi connectivity index (χ2n) is 6.99. The minimum Gasteiger partial charge on any atom is -0.464 e. The molecular formula is C21H18N6O5. The third-order valence-electron chi connectivity index (χ3n) is 5.17. The summed E-state index contributed by atoms with van der Waals surface area (Å²) in [6.07, 6.45) is 0.825. The first-order valence-electron chi connectivity index (χ1n) is 9.70. The number of Topliss-reactive ketones (excluding diaryl/α,β-unsaturated/α-hetero) is 1. The largest absolute Gasteiger partial charge is 0.464 e. The number of nitrogens with zero attached hydrogens (tertiary/aromatic N) is 5. The molecule has 2 aromatic carbocycles. The predicted octanol–water partition coefficient (Wildman–Crippen LogP) is 2.47. The second-order valence-corrected chi connectivity index (χ2v) is 6.99. The number of fused-ring (bicyclic) bond motifs is 1. The van der Waals surface area contributed by atoms with Gasteiger partial charge >= 0.3 is 5.97 Å². The van der Waals surface area contributed by atoms with Gasteiger partial charge in [-0.1, -0.05) is 48.4 Å². The Hall–Kier alpha value is -4.41. The van der Waals surface area contributed by atoms with E-state index < -0.39 is 22.7 Å². The first-order valence-corrected chi connectivity index (χ1v) is 9.70. The van der Waals surface area contributed by atoms with E-state index in [-0.39, 0.29) is 28.5 Å². The molecule has 0 spiro atoms. The van der Waals surface area contributed by atoms with Crippen LogP contribution in [-0.2, 0) is 16.0 Å². The number of benzene rings is 2. The average Bonchev–Trinajstić information content (AvgIpc) is 3.30. The van der Waals surface area contributed by atoms with Crippen molar-refractivity contribution in [1.29, 1.82) is 0 Å². The number of carbonyl (C=O) groups is 2. The van der Waals surface area contributed by atoms with Crippen LogP contribution in [0.4, 0.5) is 11.6 Å². The summed E-state index contributed by atoms with van der Waals surface area (Å²) in [5.74, 6) is -1.22. The standard InChI is InChI=1S/C21H18N6O5/c1-3-12-7-9-13(10-8-12)18-16(19(28)14-5-4-6-15(11-14)27(30)31)17(20(29)32-2)22-21-23-24-25-26(18)21/h4-11,18H,3H2,1-2H3,(H,22,23,25)/t18-/m1/s1. The maximum Gasteiger partial charge on any atom is 0.355 e. The molecule has 0 radical (unpaired) electrons. The Labute approximate surface area is 181 Å². The lowest BCUT2D eigenvalue weighted by Crippen LogP contribution is -2.33. The topological polar surface area (TPSA) is 142 Å².